The number of benzene rings is 1. The van der Waals surface area contributed by atoms with Gasteiger partial charge in [0.15, 0.2) is 0 Å². The van der Waals surface area contributed by atoms with Gasteiger partial charge < -0.3 is 18.9 Å². The number of nitrogens with zero attached hydrogens (tertiary/aromatic N) is 2. The molecule has 0 radical (unpaired) electrons. The Kier molecular flexibility index (Phi) is 6.68. The highest BCUT2D eigenvalue weighted by atomic mass is 16.7. The van der Waals surface area contributed by atoms with E-state index < -0.39 is 42.2 Å². The van der Waals surface area contributed by atoms with Crippen LogP contribution in [0.2, 0.25) is 0 Å². The first-order valence-corrected chi connectivity index (χ1v) is 12.1. The van der Waals surface area contributed by atoms with Crippen LogP contribution < -0.4 is 5.46 Å². The fourth-order valence-corrected chi connectivity index (χ4v) is 4.57. The zero-order chi connectivity index (χ0) is 25.9. The third kappa shape index (κ3) is 5.13. The van der Waals surface area contributed by atoms with Crippen molar-refractivity contribution in [1.82, 2.24) is 9.80 Å². The number of rotatable bonds is 3. The first kappa shape index (κ1) is 26.5. The minimum atomic E-state index is -0.654. The third-order valence-corrected chi connectivity index (χ3v) is 6.91. The van der Waals surface area contributed by atoms with Gasteiger partial charge >= 0.3 is 13.2 Å². The van der Waals surface area contributed by atoms with Crippen molar-refractivity contribution in [3.63, 3.8) is 0 Å². The van der Waals surface area contributed by atoms with Crippen LogP contribution in [0.15, 0.2) is 24.3 Å². The van der Waals surface area contributed by atoms with Gasteiger partial charge in [-0.15, -0.1) is 0 Å². The molecule has 2 aliphatic heterocycles. The Balaban J connectivity index is 1.85. The largest absolute Gasteiger partial charge is 0.494 e. The lowest BCUT2D eigenvalue weighted by Gasteiger charge is -2.39. The molecule has 2 atom stereocenters. The molecule has 7 nitrogen and oxygen atoms in total. The maximum absolute atomic E-state index is 13.3. The van der Waals surface area contributed by atoms with Gasteiger partial charge in [0.1, 0.15) is 17.8 Å². The molecule has 8 heteroatoms. The number of hydrogen-bond donors (Lipinski definition) is 0. The van der Waals surface area contributed by atoms with Gasteiger partial charge in [0.2, 0.25) is 5.91 Å². The standard InChI is InChI=1S/C26H41BN2O5/c1-23(2,3)21-28(11)20(30)19(29(21)22(31)32-24(4,5)6)16-17-12-14-18(15-13-17)27-33-25(7,8)26(9,10)34-27/h12-15,19,21H,16H2,1-11H3/t19-,21-/m0/s1. The molecule has 0 bridgehead atoms. The Morgan fingerprint density at radius 2 is 1.50 bits per heavy atom. The van der Waals surface area contributed by atoms with Crippen molar-refractivity contribution in [2.45, 2.75) is 105 Å². The number of carbonyl (C=O) groups excluding carboxylic acids is 2. The molecule has 1 aromatic rings. The summed E-state index contributed by atoms with van der Waals surface area (Å²) in [7, 11) is 1.32. The lowest BCUT2D eigenvalue weighted by atomic mass is 9.78. The number of carbonyl (C=O) groups is 2. The normalized spacial score (nSPS) is 24.7. The second-order valence-electron chi connectivity index (χ2n) is 12.6. The van der Waals surface area contributed by atoms with Crippen LogP contribution in [0.3, 0.4) is 0 Å². The molecule has 3 rings (SSSR count). The quantitative estimate of drug-likeness (QED) is 0.623. The summed E-state index contributed by atoms with van der Waals surface area (Å²) in [6, 6.07) is 7.27. The summed E-state index contributed by atoms with van der Waals surface area (Å²) in [6.45, 7) is 19.7. The van der Waals surface area contributed by atoms with Crippen LogP contribution in [0.4, 0.5) is 4.79 Å². The zero-order valence-corrected chi connectivity index (χ0v) is 22.7. The number of hydrogen-bond acceptors (Lipinski definition) is 5. The van der Waals surface area contributed by atoms with E-state index in [9.17, 15) is 9.59 Å². The lowest BCUT2D eigenvalue weighted by Crippen LogP contribution is -2.52. The molecule has 0 saturated carbocycles. The van der Waals surface area contributed by atoms with Gasteiger partial charge in [-0.3, -0.25) is 9.69 Å². The predicted molar refractivity (Wildman–Crippen MR) is 134 cm³/mol. The highest BCUT2D eigenvalue weighted by molar-refractivity contribution is 6.62. The van der Waals surface area contributed by atoms with Crippen molar-refractivity contribution in [1.29, 1.82) is 0 Å². The maximum atomic E-state index is 13.3. The van der Waals surface area contributed by atoms with E-state index in [0.29, 0.717) is 6.42 Å². The van der Waals surface area contributed by atoms with Gasteiger partial charge in [-0.1, -0.05) is 45.0 Å². The van der Waals surface area contributed by atoms with Gasteiger partial charge in [-0.25, -0.2) is 4.79 Å². The zero-order valence-electron chi connectivity index (χ0n) is 22.7. The summed E-state index contributed by atoms with van der Waals surface area (Å²) >= 11 is 0. The average Bonchev–Trinajstić information content (AvgIpc) is 3.04. The van der Waals surface area contributed by atoms with E-state index in [0.717, 1.165) is 11.0 Å². The molecular weight excluding hydrogens is 431 g/mol. The molecule has 2 amide bonds. The summed E-state index contributed by atoms with van der Waals surface area (Å²) in [6.07, 6.45) is -0.466. The number of amides is 2. The Morgan fingerprint density at radius 3 is 1.94 bits per heavy atom. The lowest BCUT2D eigenvalue weighted by molar-refractivity contribution is -0.129. The monoisotopic (exact) mass is 472 g/mol. The van der Waals surface area contributed by atoms with Crippen molar-refractivity contribution in [3.05, 3.63) is 29.8 Å². The maximum Gasteiger partial charge on any atom is 0.494 e. The molecule has 188 valence electrons. The van der Waals surface area contributed by atoms with E-state index in [1.54, 1.807) is 16.8 Å². The second-order valence-corrected chi connectivity index (χ2v) is 12.6. The fourth-order valence-electron chi connectivity index (χ4n) is 4.57. The molecule has 0 unspecified atom stereocenters. The first-order chi connectivity index (χ1) is 15.3. The van der Waals surface area contributed by atoms with E-state index in [2.05, 4.69) is 0 Å². The van der Waals surface area contributed by atoms with Crippen LogP contribution in [0.25, 0.3) is 0 Å². The van der Waals surface area contributed by atoms with Crippen molar-refractivity contribution < 1.29 is 23.6 Å². The molecule has 0 aromatic heterocycles. The van der Waals surface area contributed by atoms with Crippen LogP contribution in [-0.2, 0) is 25.3 Å². The Hall–Kier alpha value is -2.06. The first-order valence-electron chi connectivity index (χ1n) is 12.1. The molecule has 2 saturated heterocycles. The number of likely N-dealkylation sites (N-methyl/N-ethyl adjacent to an activating group) is 1. The van der Waals surface area contributed by atoms with E-state index >= 15 is 0 Å². The van der Waals surface area contributed by atoms with Crippen LogP contribution in [-0.4, -0.2) is 65.0 Å². The Labute approximate surface area is 205 Å². The van der Waals surface area contributed by atoms with Crippen LogP contribution in [0, 0.1) is 5.41 Å². The SMILES string of the molecule is CN1C(=O)[C@H](Cc2ccc(B3OC(C)(C)C(C)(C)O3)cc2)N(C(=O)OC(C)(C)C)[C@H]1C(C)(C)C. The van der Waals surface area contributed by atoms with E-state index in [-0.39, 0.29) is 11.3 Å². The van der Waals surface area contributed by atoms with Gasteiger partial charge in [0.25, 0.3) is 0 Å². The molecule has 1 aromatic carbocycles. The van der Waals surface area contributed by atoms with Crippen LogP contribution in [0.5, 0.6) is 0 Å². The number of ether oxygens (including phenoxy) is 1. The molecule has 2 aliphatic rings. The van der Waals surface area contributed by atoms with Gasteiger partial charge in [0.05, 0.1) is 11.2 Å². The van der Waals surface area contributed by atoms with Gasteiger partial charge in [-0.2, -0.15) is 0 Å². The summed E-state index contributed by atoms with van der Waals surface area (Å²) in [5.74, 6) is -0.0826. The minimum Gasteiger partial charge on any atom is -0.444 e. The molecular formula is C26H41BN2O5. The van der Waals surface area contributed by atoms with Crippen molar-refractivity contribution in [2.24, 2.45) is 5.41 Å². The molecule has 2 heterocycles. The molecule has 0 N–H and O–H groups in total. The minimum absolute atomic E-state index is 0.0826. The molecule has 2 fully saturated rings. The summed E-state index contributed by atoms with van der Waals surface area (Å²) in [5.41, 5.74) is 0.0687. The van der Waals surface area contributed by atoms with E-state index in [1.807, 2.05) is 93.5 Å². The van der Waals surface area contributed by atoms with E-state index in [4.69, 9.17) is 14.0 Å². The topological polar surface area (TPSA) is 68.3 Å². The highest BCUT2D eigenvalue weighted by Gasteiger charge is 2.53. The van der Waals surface area contributed by atoms with Crippen LogP contribution >= 0.6 is 0 Å². The Morgan fingerprint density at radius 1 is 1.00 bits per heavy atom. The molecule has 0 aliphatic carbocycles. The smallest absolute Gasteiger partial charge is 0.444 e. The van der Waals surface area contributed by atoms with Gasteiger partial charge in [-0.05, 0) is 59.5 Å². The van der Waals surface area contributed by atoms with Crippen molar-refractivity contribution in [2.75, 3.05) is 7.05 Å². The van der Waals surface area contributed by atoms with Crippen LogP contribution in [0.1, 0.15) is 74.8 Å². The highest BCUT2D eigenvalue weighted by Crippen LogP contribution is 2.37. The summed E-state index contributed by atoms with van der Waals surface area (Å²) in [4.78, 5) is 29.8. The third-order valence-electron chi connectivity index (χ3n) is 6.91. The summed E-state index contributed by atoms with van der Waals surface area (Å²) in [5, 5.41) is 0. The Bertz CT molecular complexity index is 914. The fraction of sp³-hybridized carbons (Fsp3) is 0.692. The molecule has 34 heavy (non-hydrogen) atoms. The van der Waals surface area contributed by atoms with Gasteiger partial charge in [0, 0.05) is 18.9 Å². The van der Waals surface area contributed by atoms with E-state index in [1.165, 1.54) is 0 Å². The average molecular weight is 472 g/mol. The second kappa shape index (κ2) is 8.56. The van der Waals surface area contributed by atoms with Crippen molar-refractivity contribution >= 4 is 24.6 Å². The van der Waals surface area contributed by atoms with Crippen molar-refractivity contribution in [3.8, 4) is 0 Å². The summed E-state index contributed by atoms with van der Waals surface area (Å²) < 4.78 is 18.0. The predicted octanol–water partition coefficient (Wildman–Crippen LogP) is 3.98. The molecule has 0 spiro atoms.